The molecule has 1 fully saturated rings. The molecule has 8 heteroatoms. The number of amides is 2. The maximum Gasteiger partial charge on any atom is 0.252 e. The zero-order valence-corrected chi connectivity index (χ0v) is 14.1. The van der Waals surface area contributed by atoms with Crippen molar-refractivity contribution in [2.45, 2.75) is 6.54 Å². The van der Waals surface area contributed by atoms with Gasteiger partial charge in [-0.2, -0.15) is 5.10 Å². The lowest BCUT2D eigenvalue weighted by Gasteiger charge is -2.26. The molecule has 1 aromatic carbocycles. The Bertz CT molecular complexity index is 979. The number of nitrogens with zero attached hydrogens (tertiary/aromatic N) is 4. The zero-order chi connectivity index (χ0) is 18.1. The first-order valence-corrected chi connectivity index (χ1v) is 8.33. The van der Waals surface area contributed by atoms with Crippen LogP contribution >= 0.6 is 0 Å². The van der Waals surface area contributed by atoms with Crippen LogP contribution in [0, 0.1) is 0 Å². The van der Waals surface area contributed by atoms with Gasteiger partial charge in [-0.3, -0.25) is 14.5 Å². The molecule has 0 spiro atoms. The topological polar surface area (TPSA) is 106 Å². The van der Waals surface area contributed by atoms with E-state index in [0.717, 1.165) is 29.9 Å². The summed E-state index contributed by atoms with van der Waals surface area (Å²) in [6, 6.07) is 11.5. The van der Waals surface area contributed by atoms with Crippen molar-refractivity contribution >= 4 is 17.5 Å². The number of carbonyl (C=O) groups excluding carboxylic acids is 2. The molecule has 2 aromatic heterocycles. The smallest absolute Gasteiger partial charge is 0.252 e. The van der Waals surface area contributed by atoms with E-state index in [9.17, 15) is 9.59 Å². The van der Waals surface area contributed by atoms with Gasteiger partial charge in [0.05, 0.1) is 17.8 Å². The highest BCUT2D eigenvalue weighted by Crippen LogP contribution is 2.22. The molecule has 8 nitrogen and oxygen atoms in total. The maximum absolute atomic E-state index is 11.5. The zero-order valence-electron chi connectivity index (χ0n) is 14.1. The number of pyridine rings is 1. The number of piperazine rings is 1. The summed E-state index contributed by atoms with van der Waals surface area (Å²) in [7, 11) is 0. The molecule has 26 heavy (non-hydrogen) atoms. The van der Waals surface area contributed by atoms with Gasteiger partial charge in [0, 0.05) is 25.2 Å². The first-order chi connectivity index (χ1) is 12.6. The number of carbonyl (C=O) groups is 2. The minimum absolute atomic E-state index is 0.0657. The van der Waals surface area contributed by atoms with Crippen LogP contribution in [0.5, 0.6) is 0 Å². The molecular formula is C18H18N6O2. The molecular weight excluding hydrogens is 332 g/mol. The summed E-state index contributed by atoms with van der Waals surface area (Å²) in [5, 5.41) is 7.03. The van der Waals surface area contributed by atoms with Gasteiger partial charge in [-0.05, 0) is 17.7 Å². The second kappa shape index (κ2) is 6.57. The molecule has 1 aliphatic rings. The quantitative estimate of drug-likeness (QED) is 0.710. The SMILES string of the molecule is NC(=O)c1ccc(-c2ccc(CN3CCNC(=O)C3)cc2)n2ncnc12. The molecule has 2 amide bonds. The number of primary amides is 1. The van der Waals surface area contributed by atoms with Crippen LogP contribution in [-0.4, -0.2) is 50.9 Å². The van der Waals surface area contributed by atoms with Gasteiger partial charge in [-0.25, -0.2) is 9.50 Å². The molecule has 3 heterocycles. The molecule has 0 bridgehead atoms. The highest BCUT2D eigenvalue weighted by molar-refractivity contribution is 5.99. The average molecular weight is 350 g/mol. The normalized spacial score (nSPS) is 15.2. The molecule has 3 N–H and O–H groups in total. The van der Waals surface area contributed by atoms with E-state index >= 15 is 0 Å². The third-order valence-electron chi connectivity index (χ3n) is 4.46. The Hall–Kier alpha value is -3.26. The second-order valence-corrected chi connectivity index (χ2v) is 6.25. The summed E-state index contributed by atoms with van der Waals surface area (Å²) in [6.45, 7) is 2.69. The van der Waals surface area contributed by atoms with Crippen molar-refractivity contribution in [2.24, 2.45) is 5.73 Å². The number of benzene rings is 1. The lowest BCUT2D eigenvalue weighted by Crippen LogP contribution is -2.47. The van der Waals surface area contributed by atoms with Gasteiger partial charge in [-0.1, -0.05) is 24.3 Å². The highest BCUT2D eigenvalue weighted by Gasteiger charge is 2.16. The van der Waals surface area contributed by atoms with Crippen molar-refractivity contribution < 1.29 is 9.59 Å². The molecule has 4 rings (SSSR count). The van der Waals surface area contributed by atoms with E-state index in [1.54, 1.807) is 10.6 Å². The predicted molar refractivity (Wildman–Crippen MR) is 95.2 cm³/mol. The van der Waals surface area contributed by atoms with Crippen LogP contribution in [0.4, 0.5) is 0 Å². The van der Waals surface area contributed by atoms with Crippen LogP contribution in [-0.2, 0) is 11.3 Å². The van der Waals surface area contributed by atoms with Crippen molar-refractivity contribution in [1.29, 1.82) is 0 Å². The Labute approximate surface area is 149 Å². The van der Waals surface area contributed by atoms with Crippen LogP contribution in [0.25, 0.3) is 16.9 Å². The minimum atomic E-state index is -0.532. The van der Waals surface area contributed by atoms with E-state index in [0.29, 0.717) is 24.3 Å². The van der Waals surface area contributed by atoms with E-state index in [1.807, 2.05) is 30.3 Å². The van der Waals surface area contributed by atoms with Crippen molar-refractivity contribution in [3.8, 4) is 11.3 Å². The predicted octanol–water partition coefficient (Wildman–Crippen LogP) is 0.427. The van der Waals surface area contributed by atoms with Crippen LogP contribution in [0.1, 0.15) is 15.9 Å². The number of nitrogens with two attached hydrogens (primary N) is 1. The summed E-state index contributed by atoms with van der Waals surface area (Å²) in [5.41, 5.74) is 9.09. The van der Waals surface area contributed by atoms with E-state index in [1.165, 1.54) is 6.33 Å². The molecule has 0 unspecified atom stereocenters. The van der Waals surface area contributed by atoms with Crippen LogP contribution in [0.15, 0.2) is 42.7 Å². The number of nitrogens with one attached hydrogen (secondary N) is 1. The van der Waals surface area contributed by atoms with E-state index in [-0.39, 0.29) is 5.91 Å². The Balaban J connectivity index is 1.60. The molecule has 0 radical (unpaired) electrons. The fourth-order valence-corrected chi connectivity index (χ4v) is 3.19. The van der Waals surface area contributed by atoms with Gasteiger partial charge >= 0.3 is 0 Å². The van der Waals surface area contributed by atoms with Gasteiger partial charge in [0.25, 0.3) is 5.91 Å². The fraction of sp³-hybridized carbons (Fsp3) is 0.222. The number of rotatable bonds is 4. The monoisotopic (exact) mass is 350 g/mol. The maximum atomic E-state index is 11.5. The van der Waals surface area contributed by atoms with Crippen LogP contribution < -0.4 is 11.1 Å². The third kappa shape index (κ3) is 3.02. The van der Waals surface area contributed by atoms with Gasteiger partial charge in [-0.15, -0.1) is 0 Å². The van der Waals surface area contributed by atoms with Gasteiger partial charge in [0.2, 0.25) is 5.91 Å². The highest BCUT2D eigenvalue weighted by atomic mass is 16.2. The van der Waals surface area contributed by atoms with Crippen LogP contribution in [0.2, 0.25) is 0 Å². The number of fused-ring (bicyclic) bond motifs is 1. The number of hydrogen-bond donors (Lipinski definition) is 2. The largest absolute Gasteiger partial charge is 0.365 e. The first-order valence-electron chi connectivity index (χ1n) is 8.33. The molecule has 0 aliphatic carbocycles. The summed E-state index contributed by atoms with van der Waals surface area (Å²) in [4.78, 5) is 29.3. The van der Waals surface area contributed by atoms with Crippen molar-refractivity contribution in [2.75, 3.05) is 19.6 Å². The van der Waals surface area contributed by atoms with Gasteiger partial charge < -0.3 is 11.1 Å². The van der Waals surface area contributed by atoms with Crippen LogP contribution in [0.3, 0.4) is 0 Å². The minimum Gasteiger partial charge on any atom is -0.365 e. The number of aromatic nitrogens is 3. The lowest BCUT2D eigenvalue weighted by atomic mass is 10.1. The number of hydrogen-bond acceptors (Lipinski definition) is 5. The van der Waals surface area contributed by atoms with E-state index in [2.05, 4.69) is 20.3 Å². The molecule has 3 aromatic rings. The lowest BCUT2D eigenvalue weighted by molar-refractivity contribution is -0.124. The third-order valence-corrected chi connectivity index (χ3v) is 4.46. The Morgan fingerprint density at radius 2 is 2.00 bits per heavy atom. The fourth-order valence-electron chi connectivity index (χ4n) is 3.19. The molecule has 0 saturated carbocycles. The van der Waals surface area contributed by atoms with Gasteiger partial charge in [0.15, 0.2) is 5.65 Å². The average Bonchev–Trinajstić information content (AvgIpc) is 3.11. The Morgan fingerprint density at radius 1 is 1.19 bits per heavy atom. The standard InChI is InChI=1S/C18H18N6O2/c19-17(26)14-5-6-15(24-18(14)21-11-22-24)13-3-1-12(2-4-13)9-23-8-7-20-16(25)10-23/h1-6,11H,7-10H2,(H2,19,26)(H,20,25). The summed E-state index contributed by atoms with van der Waals surface area (Å²) in [6.07, 6.45) is 1.40. The first kappa shape index (κ1) is 16.2. The summed E-state index contributed by atoms with van der Waals surface area (Å²) in [5.74, 6) is -0.466. The Morgan fingerprint density at radius 3 is 2.73 bits per heavy atom. The van der Waals surface area contributed by atoms with Crippen molar-refractivity contribution in [3.05, 3.63) is 53.9 Å². The molecule has 1 aliphatic heterocycles. The van der Waals surface area contributed by atoms with E-state index < -0.39 is 5.91 Å². The van der Waals surface area contributed by atoms with Gasteiger partial charge in [0.1, 0.15) is 6.33 Å². The van der Waals surface area contributed by atoms with E-state index in [4.69, 9.17) is 5.73 Å². The second-order valence-electron chi connectivity index (χ2n) is 6.25. The summed E-state index contributed by atoms with van der Waals surface area (Å²) < 4.78 is 1.62. The van der Waals surface area contributed by atoms with Crippen molar-refractivity contribution in [3.63, 3.8) is 0 Å². The van der Waals surface area contributed by atoms with Crippen molar-refractivity contribution in [1.82, 2.24) is 24.8 Å². The molecule has 0 atom stereocenters. The summed E-state index contributed by atoms with van der Waals surface area (Å²) >= 11 is 0. The Kier molecular flexibility index (Phi) is 4.10. The molecule has 1 saturated heterocycles. The molecule has 132 valence electrons.